The van der Waals surface area contributed by atoms with Gasteiger partial charge in [0.25, 0.3) is 0 Å². The highest BCUT2D eigenvalue weighted by atomic mass is 19.4. The van der Waals surface area contributed by atoms with Gasteiger partial charge in [0, 0.05) is 25.2 Å². The summed E-state index contributed by atoms with van der Waals surface area (Å²) in [6.07, 6.45) is -0.803. The van der Waals surface area contributed by atoms with Crippen molar-refractivity contribution >= 4 is 5.97 Å². The Labute approximate surface area is 110 Å². The van der Waals surface area contributed by atoms with Crippen molar-refractivity contribution in [1.29, 1.82) is 0 Å². The third-order valence-electron chi connectivity index (χ3n) is 4.01. The number of aliphatic carboxylic acids is 1. The lowest BCUT2D eigenvalue weighted by molar-refractivity contribution is -0.145. The van der Waals surface area contributed by atoms with Gasteiger partial charge in [-0.1, -0.05) is 6.42 Å². The largest absolute Gasteiger partial charge is 0.481 e. The van der Waals surface area contributed by atoms with Crippen LogP contribution in [-0.4, -0.2) is 53.9 Å². The molecule has 2 unspecified atom stereocenters. The van der Waals surface area contributed by atoms with Gasteiger partial charge >= 0.3 is 12.1 Å². The molecule has 1 saturated carbocycles. The van der Waals surface area contributed by atoms with Gasteiger partial charge in [-0.15, -0.1) is 0 Å². The van der Waals surface area contributed by atoms with Crippen molar-refractivity contribution in [3.63, 3.8) is 0 Å². The Bertz CT molecular complexity index is 331. The van der Waals surface area contributed by atoms with Crippen LogP contribution in [0.25, 0.3) is 0 Å². The van der Waals surface area contributed by atoms with Gasteiger partial charge in [0.1, 0.15) is 0 Å². The summed E-state index contributed by atoms with van der Waals surface area (Å²) in [5, 5.41) is 11.5. The summed E-state index contributed by atoms with van der Waals surface area (Å²) in [5.41, 5.74) is 0. The van der Waals surface area contributed by atoms with Gasteiger partial charge in [0.15, 0.2) is 0 Å². The monoisotopic (exact) mass is 280 g/mol. The van der Waals surface area contributed by atoms with Crippen molar-refractivity contribution in [3.8, 4) is 0 Å². The maximum Gasteiger partial charge on any atom is 0.401 e. The Balaban J connectivity index is 1.92. The molecule has 0 aromatic carbocycles. The molecule has 0 spiro atoms. The van der Waals surface area contributed by atoms with E-state index in [9.17, 15) is 18.0 Å². The second-order valence-electron chi connectivity index (χ2n) is 5.50. The fourth-order valence-corrected chi connectivity index (χ4v) is 2.77. The second-order valence-corrected chi connectivity index (χ2v) is 5.50. The number of nitrogens with zero attached hydrogens (tertiary/aromatic N) is 1. The molecule has 0 radical (unpaired) electrons. The summed E-state index contributed by atoms with van der Waals surface area (Å²) in [6.45, 7) is -0.0722. The third-order valence-corrected chi connectivity index (χ3v) is 4.01. The Hall–Kier alpha value is -0.820. The topological polar surface area (TPSA) is 52.6 Å². The summed E-state index contributed by atoms with van der Waals surface area (Å²) in [4.78, 5) is 13.1. The number of piperidine rings is 1. The molecule has 2 N–H and O–H groups in total. The van der Waals surface area contributed by atoms with Crippen molar-refractivity contribution in [3.05, 3.63) is 0 Å². The molecular weight excluding hydrogens is 261 g/mol. The van der Waals surface area contributed by atoms with E-state index in [-0.39, 0.29) is 6.42 Å². The minimum atomic E-state index is -4.25. The van der Waals surface area contributed by atoms with Crippen molar-refractivity contribution < 1.29 is 23.1 Å². The lowest BCUT2D eigenvalue weighted by Gasteiger charge is -2.44. The fraction of sp³-hybridized carbons (Fsp3) is 0.917. The van der Waals surface area contributed by atoms with E-state index in [1.807, 2.05) is 4.90 Å². The number of halogens is 3. The first-order valence-electron chi connectivity index (χ1n) is 6.62. The number of alkyl halides is 3. The van der Waals surface area contributed by atoms with Crippen LogP contribution < -0.4 is 5.32 Å². The van der Waals surface area contributed by atoms with Gasteiger partial charge < -0.3 is 10.4 Å². The van der Waals surface area contributed by atoms with E-state index in [1.165, 1.54) is 0 Å². The summed E-state index contributed by atoms with van der Waals surface area (Å²) in [5.74, 6) is -1.48. The molecule has 1 saturated heterocycles. The first kappa shape index (κ1) is 14.6. The standard InChI is InChI=1S/C12H19F3N2O2/c13-12(14,15)7-16-9-4-8(11(18)19)5-17(6-9)10-2-1-3-10/h8-10,16H,1-7H2,(H,18,19). The lowest BCUT2D eigenvalue weighted by atomic mass is 9.86. The SMILES string of the molecule is O=C(O)C1CC(NCC(F)(F)F)CN(C2CCC2)C1. The second kappa shape index (κ2) is 5.66. The molecular formula is C12H19F3N2O2. The summed E-state index contributed by atoms with van der Waals surface area (Å²) < 4.78 is 36.6. The van der Waals surface area contributed by atoms with Gasteiger partial charge in [-0.2, -0.15) is 13.2 Å². The van der Waals surface area contributed by atoms with Crippen LogP contribution in [0.2, 0.25) is 0 Å². The Kier molecular flexibility index (Phi) is 4.35. The molecule has 0 amide bonds. The Morgan fingerprint density at radius 1 is 1.32 bits per heavy atom. The summed E-state index contributed by atoms with van der Waals surface area (Å²) >= 11 is 0. The van der Waals surface area contributed by atoms with Gasteiger partial charge in [0.2, 0.25) is 0 Å². The van der Waals surface area contributed by atoms with Crippen LogP contribution in [0.4, 0.5) is 13.2 Å². The maximum absolute atomic E-state index is 12.2. The quantitative estimate of drug-likeness (QED) is 0.819. The van der Waals surface area contributed by atoms with Crippen LogP contribution in [-0.2, 0) is 4.79 Å². The van der Waals surface area contributed by atoms with Crippen LogP contribution >= 0.6 is 0 Å². The summed E-state index contributed by atoms with van der Waals surface area (Å²) in [7, 11) is 0. The molecule has 2 aliphatic rings. The number of hydrogen-bond acceptors (Lipinski definition) is 3. The minimum Gasteiger partial charge on any atom is -0.481 e. The lowest BCUT2D eigenvalue weighted by Crippen LogP contribution is -2.56. The molecule has 1 aliphatic heterocycles. The molecule has 110 valence electrons. The van der Waals surface area contributed by atoms with Crippen LogP contribution in [0, 0.1) is 5.92 Å². The van der Waals surface area contributed by atoms with Gasteiger partial charge in [0.05, 0.1) is 12.5 Å². The van der Waals surface area contributed by atoms with Gasteiger partial charge in [-0.25, -0.2) is 0 Å². The highest BCUT2D eigenvalue weighted by Crippen LogP contribution is 2.29. The Morgan fingerprint density at radius 2 is 2.00 bits per heavy atom. The smallest absolute Gasteiger partial charge is 0.401 e. The molecule has 2 atom stereocenters. The number of carboxylic acid groups (broad SMARTS) is 1. The highest BCUT2D eigenvalue weighted by molar-refractivity contribution is 5.70. The highest BCUT2D eigenvalue weighted by Gasteiger charge is 2.37. The number of hydrogen-bond donors (Lipinski definition) is 2. The van der Waals surface area contributed by atoms with E-state index in [4.69, 9.17) is 5.11 Å². The van der Waals surface area contributed by atoms with Crippen molar-refractivity contribution in [2.75, 3.05) is 19.6 Å². The molecule has 7 heteroatoms. The number of likely N-dealkylation sites (tertiary alicyclic amines) is 1. The molecule has 0 aromatic heterocycles. The van der Waals surface area contributed by atoms with Crippen molar-refractivity contribution in [1.82, 2.24) is 10.2 Å². The zero-order chi connectivity index (χ0) is 14.0. The van der Waals surface area contributed by atoms with Crippen molar-refractivity contribution in [2.45, 2.75) is 43.9 Å². The molecule has 19 heavy (non-hydrogen) atoms. The first-order valence-corrected chi connectivity index (χ1v) is 6.62. The van der Waals surface area contributed by atoms with Crippen LogP contribution in [0.1, 0.15) is 25.7 Å². The zero-order valence-corrected chi connectivity index (χ0v) is 10.6. The molecule has 1 heterocycles. The molecule has 2 fully saturated rings. The molecule has 0 bridgehead atoms. The fourth-order valence-electron chi connectivity index (χ4n) is 2.77. The average molecular weight is 280 g/mol. The number of carboxylic acids is 1. The van der Waals surface area contributed by atoms with E-state index in [0.717, 1.165) is 19.3 Å². The predicted molar refractivity (Wildman–Crippen MR) is 62.8 cm³/mol. The minimum absolute atomic E-state index is 0.272. The Morgan fingerprint density at radius 3 is 2.47 bits per heavy atom. The van der Waals surface area contributed by atoms with E-state index in [0.29, 0.717) is 19.1 Å². The maximum atomic E-state index is 12.2. The first-order chi connectivity index (χ1) is 8.85. The number of nitrogens with one attached hydrogen (secondary N) is 1. The summed E-state index contributed by atoms with van der Waals surface area (Å²) in [6, 6.07) is -0.0330. The van der Waals surface area contributed by atoms with Gasteiger partial charge in [-0.05, 0) is 19.3 Å². The molecule has 2 rings (SSSR count). The van der Waals surface area contributed by atoms with E-state index in [2.05, 4.69) is 5.32 Å². The molecule has 1 aliphatic carbocycles. The van der Waals surface area contributed by atoms with Crippen LogP contribution in [0.3, 0.4) is 0 Å². The molecule has 4 nitrogen and oxygen atoms in total. The normalized spacial score (nSPS) is 30.1. The van der Waals surface area contributed by atoms with Crippen LogP contribution in [0.5, 0.6) is 0 Å². The average Bonchev–Trinajstić information content (AvgIpc) is 2.22. The van der Waals surface area contributed by atoms with Gasteiger partial charge in [-0.3, -0.25) is 9.69 Å². The number of rotatable bonds is 4. The van der Waals surface area contributed by atoms with E-state index >= 15 is 0 Å². The van der Waals surface area contributed by atoms with E-state index < -0.39 is 30.7 Å². The predicted octanol–water partition coefficient (Wildman–Crippen LogP) is 1.47. The van der Waals surface area contributed by atoms with Crippen molar-refractivity contribution in [2.24, 2.45) is 5.92 Å². The number of carbonyl (C=O) groups is 1. The van der Waals surface area contributed by atoms with E-state index in [1.54, 1.807) is 0 Å². The molecule has 0 aromatic rings. The third kappa shape index (κ3) is 4.07. The van der Waals surface area contributed by atoms with Crippen LogP contribution in [0.15, 0.2) is 0 Å². The zero-order valence-electron chi connectivity index (χ0n) is 10.6.